The lowest BCUT2D eigenvalue weighted by Crippen LogP contribution is -2.17. The number of halogens is 1. The number of methoxy groups -OCH3 is 1. The third kappa shape index (κ3) is 2.64. The Morgan fingerprint density at radius 2 is 2.00 bits per heavy atom. The molecule has 3 rings (SSSR count). The third-order valence-corrected chi connectivity index (χ3v) is 4.91. The minimum atomic E-state index is 0.118. The molecule has 1 aromatic heterocycles. The molecule has 0 radical (unpaired) electrons. The monoisotopic (exact) mass is 317 g/mol. The van der Waals surface area contributed by atoms with Crippen molar-refractivity contribution in [2.24, 2.45) is 0 Å². The zero-order valence-electron chi connectivity index (χ0n) is 11.9. The molecule has 0 fully saturated rings. The Hall–Kier alpha value is -1.55. The molecule has 0 saturated heterocycles. The fourth-order valence-electron chi connectivity index (χ4n) is 2.58. The van der Waals surface area contributed by atoms with Crippen LogP contribution in [0, 0.1) is 0 Å². The minimum absolute atomic E-state index is 0.118. The van der Waals surface area contributed by atoms with Gasteiger partial charge >= 0.3 is 0 Å². The first-order chi connectivity index (χ1) is 10.2. The molecule has 21 heavy (non-hydrogen) atoms. The van der Waals surface area contributed by atoms with Gasteiger partial charge in [-0.3, -0.25) is 0 Å². The molecule has 0 saturated carbocycles. The summed E-state index contributed by atoms with van der Waals surface area (Å²) < 4.78 is 6.63. The summed E-state index contributed by atoms with van der Waals surface area (Å²) in [5, 5.41) is 7.53. The maximum atomic E-state index is 6.12. The number of hydrogen-bond donors (Lipinski definition) is 1. The zero-order valence-corrected chi connectivity index (χ0v) is 13.5. The van der Waals surface area contributed by atoms with Gasteiger partial charge in [0.15, 0.2) is 0 Å². The van der Waals surface area contributed by atoms with Gasteiger partial charge in [0.2, 0.25) is 0 Å². The van der Waals surface area contributed by atoms with Crippen LogP contribution in [-0.2, 0) is 0 Å². The summed E-state index contributed by atoms with van der Waals surface area (Å²) in [6.07, 6.45) is 0. The van der Waals surface area contributed by atoms with Gasteiger partial charge in [-0.05, 0) is 47.1 Å². The van der Waals surface area contributed by atoms with E-state index in [0.29, 0.717) is 10.8 Å². The van der Waals surface area contributed by atoms with Crippen molar-refractivity contribution in [3.8, 4) is 5.75 Å². The number of hydrogen-bond acceptors (Lipinski definition) is 3. The van der Waals surface area contributed by atoms with E-state index in [4.69, 9.17) is 16.3 Å². The Balaban J connectivity index is 2.10. The number of thiophene rings is 1. The van der Waals surface area contributed by atoms with E-state index in [1.807, 2.05) is 25.2 Å². The number of benzene rings is 2. The van der Waals surface area contributed by atoms with Gasteiger partial charge in [-0.25, -0.2) is 0 Å². The summed E-state index contributed by atoms with van der Waals surface area (Å²) in [6.45, 7) is 0. The average molecular weight is 318 g/mol. The third-order valence-electron chi connectivity index (χ3n) is 3.62. The Labute approximate surface area is 133 Å². The van der Waals surface area contributed by atoms with Crippen LogP contribution in [-0.4, -0.2) is 14.2 Å². The van der Waals surface area contributed by atoms with Crippen LogP contribution < -0.4 is 10.1 Å². The van der Waals surface area contributed by atoms with Crippen molar-refractivity contribution >= 4 is 33.0 Å². The highest BCUT2D eigenvalue weighted by molar-refractivity contribution is 7.17. The first kappa shape index (κ1) is 14.4. The van der Waals surface area contributed by atoms with Gasteiger partial charge in [0.25, 0.3) is 0 Å². The van der Waals surface area contributed by atoms with E-state index in [1.54, 1.807) is 18.4 Å². The second-order valence-electron chi connectivity index (χ2n) is 4.80. The molecule has 108 valence electrons. The summed E-state index contributed by atoms with van der Waals surface area (Å²) in [5.74, 6) is 0.703. The Bertz CT molecular complexity index is 768. The molecule has 1 heterocycles. The molecule has 3 aromatic rings. The number of fused-ring (bicyclic) bond motifs is 1. The summed E-state index contributed by atoms with van der Waals surface area (Å²) >= 11 is 7.89. The van der Waals surface area contributed by atoms with Gasteiger partial charge in [0, 0.05) is 4.70 Å². The topological polar surface area (TPSA) is 21.3 Å². The van der Waals surface area contributed by atoms with E-state index in [0.717, 1.165) is 5.56 Å². The Kier molecular flexibility index (Phi) is 4.15. The van der Waals surface area contributed by atoms with Crippen molar-refractivity contribution in [3.05, 3.63) is 64.0 Å². The van der Waals surface area contributed by atoms with E-state index in [2.05, 4.69) is 35.0 Å². The molecule has 0 bridgehead atoms. The lowest BCUT2D eigenvalue weighted by Gasteiger charge is -2.17. The summed E-state index contributed by atoms with van der Waals surface area (Å²) in [7, 11) is 3.61. The highest BCUT2D eigenvalue weighted by atomic mass is 35.5. The zero-order chi connectivity index (χ0) is 14.8. The van der Waals surface area contributed by atoms with Crippen molar-refractivity contribution in [1.82, 2.24) is 5.32 Å². The lowest BCUT2D eigenvalue weighted by molar-refractivity contribution is 0.414. The maximum absolute atomic E-state index is 6.12. The van der Waals surface area contributed by atoms with Gasteiger partial charge < -0.3 is 10.1 Å². The molecule has 2 aromatic carbocycles. The first-order valence-corrected chi connectivity index (χ1v) is 7.97. The number of rotatable bonds is 4. The molecule has 0 aliphatic carbocycles. The molecule has 1 unspecified atom stereocenters. The number of ether oxygens (including phenoxy) is 1. The molecule has 0 aliphatic rings. The van der Waals surface area contributed by atoms with Gasteiger partial charge in [-0.15, -0.1) is 11.3 Å². The van der Waals surface area contributed by atoms with Crippen molar-refractivity contribution in [3.63, 3.8) is 0 Å². The van der Waals surface area contributed by atoms with Gasteiger partial charge in [0.05, 0.1) is 18.2 Å². The lowest BCUT2D eigenvalue weighted by atomic mass is 9.98. The smallest absolute Gasteiger partial charge is 0.137 e. The summed E-state index contributed by atoms with van der Waals surface area (Å²) in [5.41, 5.74) is 2.42. The van der Waals surface area contributed by atoms with Gasteiger partial charge in [0.1, 0.15) is 5.75 Å². The van der Waals surface area contributed by atoms with E-state index in [-0.39, 0.29) is 6.04 Å². The molecule has 1 atom stereocenters. The largest absolute Gasteiger partial charge is 0.495 e. The maximum Gasteiger partial charge on any atom is 0.137 e. The van der Waals surface area contributed by atoms with Crippen molar-refractivity contribution in [2.75, 3.05) is 14.2 Å². The van der Waals surface area contributed by atoms with Crippen molar-refractivity contribution < 1.29 is 4.74 Å². The van der Waals surface area contributed by atoms with Crippen LogP contribution in [0.15, 0.2) is 47.8 Å². The van der Waals surface area contributed by atoms with E-state index in [1.165, 1.54) is 15.6 Å². The normalized spacial score (nSPS) is 12.5. The van der Waals surface area contributed by atoms with E-state index in [9.17, 15) is 0 Å². The molecule has 1 N–H and O–H groups in total. The second kappa shape index (κ2) is 6.06. The molecule has 0 amide bonds. The molecular formula is C17H16ClNOS. The molecule has 0 spiro atoms. The summed E-state index contributed by atoms with van der Waals surface area (Å²) in [4.78, 5) is 0. The predicted octanol–water partition coefficient (Wildman–Crippen LogP) is 4.87. The fraction of sp³-hybridized carbons (Fsp3) is 0.176. The average Bonchev–Trinajstić information content (AvgIpc) is 2.94. The van der Waals surface area contributed by atoms with Crippen LogP contribution in [0.4, 0.5) is 0 Å². The highest BCUT2D eigenvalue weighted by Crippen LogP contribution is 2.35. The molecule has 4 heteroatoms. The van der Waals surface area contributed by atoms with Crippen LogP contribution in [0.3, 0.4) is 0 Å². The Morgan fingerprint density at radius 3 is 2.76 bits per heavy atom. The minimum Gasteiger partial charge on any atom is -0.495 e. The predicted molar refractivity (Wildman–Crippen MR) is 90.7 cm³/mol. The van der Waals surface area contributed by atoms with Crippen LogP contribution in [0.1, 0.15) is 17.2 Å². The molecular weight excluding hydrogens is 302 g/mol. The number of nitrogens with one attached hydrogen (secondary N) is 1. The summed E-state index contributed by atoms with van der Waals surface area (Å²) in [6, 6.07) is 14.5. The molecule has 2 nitrogen and oxygen atoms in total. The Morgan fingerprint density at radius 1 is 1.19 bits per heavy atom. The molecule has 0 aliphatic heterocycles. The first-order valence-electron chi connectivity index (χ1n) is 6.71. The quantitative estimate of drug-likeness (QED) is 0.741. The van der Waals surface area contributed by atoms with E-state index < -0.39 is 0 Å². The van der Waals surface area contributed by atoms with Crippen molar-refractivity contribution in [1.29, 1.82) is 0 Å². The van der Waals surface area contributed by atoms with Gasteiger partial charge in [-0.1, -0.05) is 35.9 Å². The standard InChI is InChI=1S/C17H16ClNOS/c1-19-17(11-7-8-14(18)15(9-11)20-2)13-10-21-16-6-4-3-5-12(13)16/h3-10,17,19H,1-2H3. The van der Waals surface area contributed by atoms with Crippen molar-refractivity contribution in [2.45, 2.75) is 6.04 Å². The van der Waals surface area contributed by atoms with Crippen LogP contribution in [0.2, 0.25) is 5.02 Å². The van der Waals surface area contributed by atoms with Gasteiger partial charge in [-0.2, -0.15) is 0 Å². The second-order valence-corrected chi connectivity index (χ2v) is 6.12. The van der Waals surface area contributed by atoms with Crippen LogP contribution in [0.25, 0.3) is 10.1 Å². The van der Waals surface area contributed by atoms with Crippen LogP contribution in [0.5, 0.6) is 5.75 Å². The SMILES string of the molecule is CNC(c1ccc(Cl)c(OC)c1)c1csc2ccccc12. The highest BCUT2D eigenvalue weighted by Gasteiger charge is 2.17. The van der Waals surface area contributed by atoms with Crippen LogP contribution >= 0.6 is 22.9 Å². The fourth-order valence-corrected chi connectivity index (χ4v) is 3.76. The van der Waals surface area contributed by atoms with E-state index >= 15 is 0 Å².